The first-order valence-electron chi connectivity index (χ1n) is 9.62. The monoisotopic (exact) mass is 398 g/mol. The number of hydrogen-bond donors (Lipinski definition) is 1. The Labute approximate surface area is 169 Å². The topological polar surface area (TPSA) is 93.5 Å². The lowest BCUT2D eigenvalue weighted by Crippen LogP contribution is -2.38. The SMILES string of the molecule is COC(=O)c1cccc(NC(=O)c2nc(C)n(C3CCN(C(C)=O)CC3)c2C)c1. The van der Waals surface area contributed by atoms with E-state index in [1.54, 1.807) is 31.2 Å². The summed E-state index contributed by atoms with van der Waals surface area (Å²) >= 11 is 0. The molecule has 1 N–H and O–H groups in total. The second kappa shape index (κ2) is 8.46. The fourth-order valence-electron chi connectivity index (χ4n) is 3.88. The Bertz CT molecular complexity index is 942. The molecule has 1 aliphatic heterocycles. The molecule has 1 aromatic carbocycles. The van der Waals surface area contributed by atoms with E-state index < -0.39 is 5.97 Å². The number of nitrogens with zero attached hydrogens (tertiary/aromatic N) is 3. The lowest BCUT2D eigenvalue weighted by molar-refractivity contribution is -0.130. The minimum Gasteiger partial charge on any atom is -0.465 e. The molecule has 1 fully saturated rings. The third kappa shape index (κ3) is 4.31. The van der Waals surface area contributed by atoms with Gasteiger partial charge in [0.2, 0.25) is 5.91 Å². The van der Waals surface area contributed by atoms with E-state index in [0.717, 1.165) is 24.4 Å². The molecule has 154 valence electrons. The summed E-state index contributed by atoms with van der Waals surface area (Å²) in [6.07, 6.45) is 1.67. The van der Waals surface area contributed by atoms with Crippen molar-refractivity contribution >= 4 is 23.5 Å². The van der Waals surface area contributed by atoms with Crippen LogP contribution in [-0.2, 0) is 9.53 Å². The zero-order valence-electron chi connectivity index (χ0n) is 17.2. The van der Waals surface area contributed by atoms with Gasteiger partial charge < -0.3 is 19.5 Å². The third-order valence-electron chi connectivity index (χ3n) is 5.36. The third-order valence-corrected chi connectivity index (χ3v) is 5.36. The van der Waals surface area contributed by atoms with Crippen molar-refractivity contribution in [3.63, 3.8) is 0 Å². The largest absolute Gasteiger partial charge is 0.465 e. The van der Waals surface area contributed by atoms with Crippen molar-refractivity contribution in [3.05, 3.63) is 47.0 Å². The number of esters is 1. The van der Waals surface area contributed by atoms with Crippen LogP contribution in [0.4, 0.5) is 5.69 Å². The Hall–Kier alpha value is -3.16. The Morgan fingerprint density at radius 1 is 1.17 bits per heavy atom. The van der Waals surface area contributed by atoms with Crippen molar-refractivity contribution in [1.82, 2.24) is 14.5 Å². The van der Waals surface area contributed by atoms with E-state index in [-0.39, 0.29) is 17.9 Å². The molecule has 1 aromatic heterocycles. The number of anilines is 1. The van der Waals surface area contributed by atoms with Gasteiger partial charge in [-0.3, -0.25) is 9.59 Å². The highest BCUT2D eigenvalue weighted by atomic mass is 16.5. The van der Waals surface area contributed by atoms with Crippen LogP contribution in [-0.4, -0.2) is 52.4 Å². The Morgan fingerprint density at radius 2 is 1.86 bits per heavy atom. The van der Waals surface area contributed by atoms with Crippen molar-refractivity contribution in [2.75, 3.05) is 25.5 Å². The van der Waals surface area contributed by atoms with Gasteiger partial charge in [-0.15, -0.1) is 0 Å². The zero-order chi connectivity index (χ0) is 21.1. The predicted molar refractivity (Wildman–Crippen MR) is 108 cm³/mol. The molecule has 1 aliphatic rings. The van der Waals surface area contributed by atoms with Gasteiger partial charge in [-0.2, -0.15) is 0 Å². The zero-order valence-corrected chi connectivity index (χ0v) is 17.2. The lowest BCUT2D eigenvalue weighted by Gasteiger charge is -2.33. The highest BCUT2D eigenvalue weighted by molar-refractivity contribution is 6.04. The molecule has 0 saturated carbocycles. The van der Waals surface area contributed by atoms with E-state index >= 15 is 0 Å². The van der Waals surface area contributed by atoms with Crippen molar-refractivity contribution < 1.29 is 19.1 Å². The first kappa shape index (κ1) is 20.6. The van der Waals surface area contributed by atoms with E-state index in [4.69, 9.17) is 4.74 Å². The molecular formula is C21H26N4O4. The number of aromatic nitrogens is 2. The fraction of sp³-hybridized carbons (Fsp3) is 0.429. The van der Waals surface area contributed by atoms with Crippen LogP contribution in [0.2, 0.25) is 0 Å². The Balaban J connectivity index is 1.77. The van der Waals surface area contributed by atoms with E-state index in [1.165, 1.54) is 7.11 Å². The minimum absolute atomic E-state index is 0.0942. The van der Waals surface area contributed by atoms with Gasteiger partial charge in [0.1, 0.15) is 11.5 Å². The van der Waals surface area contributed by atoms with Crippen molar-refractivity contribution in [3.8, 4) is 0 Å². The maximum Gasteiger partial charge on any atom is 0.337 e. The van der Waals surface area contributed by atoms with Crippen LogP contribution in [0.5, 0.6) is 0 Å². The molecule has 3 rings (SSSR count). The summed E-state index contributed by atoms with van der Waals surface area (Å²) in [7, 11) is 1.31. The van der Waals surface area contributed by atoms with Crippen molar-refractivity contribution in [1.29, 1.82) is 0 Å². The van der Waals surface area contributed by atoms with Gasteiger partial charge in [-0.1, -0.05) is 6.07 Å². The van der Waals surface area contributed by atoms with E-state index in [2.05, 4.69) is 14.9 Å². The van der Waals surface area contributed by atoms with Crippen LogP contribution < -0.4 is 5.32 Å². The average molecular weight is 398 g/mol. The van der Waals surface area contributed by atoms with Gasteiger partial charge in [-0.05, 0) is 44.9 Å². The van der Waals surface area contributed by atoms with Crippen molar-refractivity contribution in [2.24, 2.45) is 0 Å². The molecular weight excluding hydrogens is 372 g/mol. The number of ether oxygens (including phenoxy) is 1. The Morgan fingerprint density at radius 3 is 2.48 bits per heavy atom. The first-order valence-corrected chi connectivity index (χ1v) is 9.62. The summed E-state index contributed by atoms with van der Waals surface area (Å²) < 4.78 is 6.81. The number of likely N-dealkylation sites (tertiary alicyclic amines) is 1. The highest BCUT2D eigenvalue weighted by Gasteiger charge is 2.27. The van der Waals surface area contributed by atoms with Crippen LogP contribution in [0.15, 0.2) is 24.3 Å². The molecule has 0 atom stereocenters. The summed E-state index contributed by atoms with van der Waals surface area (Å²) in [5.74, 6) is 0.0795. The average Bonchev–Trinajstić information content (AvgIpc) is 3.01. The van der Waals surface area contributed by atoms with Crippen LogP contribution in [0, 0.1) is 13.8 Å². The summed E-state index contributed by atoms with van der Waals surface area (Å²) in [6, 6.07) is 6.80. The fourth-order valence-corrected chi connectivity index (χ4v) is 3.88. The molecule has 0 radical (unpaired) electrons. The lowest BCUT2D eigenvalue weighted by atomic mass is 10.0. The van der Waals surface area contributed by atoms with Crippen molar-refractivity contribution in [2.45, 2.75) is 39.7 Å². The molecule has 2 amide bonds. The van der Waals surface area contributed by atoms with Gasteiger partial charge in [0.25, 0.3) is 5.91 Å². The number of piperidine rings is 1. The molecule has 0 aliphatic carbocycles. The molecule has 1 saturated heterocycles. The second-order valence-corrected chi connectivity index (χ2v) is 7.23. The molecule has 29 heavy (non-hydrogen) atoms. The summed E-state index contributed by atoms with van der Waals surface area (Å²) in [6.45, 7) is 6.78. The van der Waals surface area contributed by atoms with Crippen LogP contribution in [0.1, 0.15) is 58.2 Å². The standard InChI is InChI=1S/C21H26N4O4/c1-13-19(20(27)23-17-7-5-6-16(12-17)21(28)29-4)22-14(2)25(13)18-8-10-24(11-9-18)15(3)26/h5-7,12,18H,8-11H2,1-4H3,(H,23,27). The minimum atomic E-state index is -0.464. The number of methoxy groups -OCH3 is 1. The van der Waals surface area contributed by atoms with Crippen LogP contribution in [0.25, 0.3) is 0 Å². The van der Waals surface area contributed by atoms with E-state index in [0.29, 0.717) is 30.0 Å². The molecule has 8 nitrogen and oxygen atoms in total. The number of imidazole rings is 1. The van der Waals surface area contributed by atoms with Crippen LogP contribution >= 0.6 is 0 Å². The molecule has 0 spiro atoms. The maximum absolute atomic E-state index is 12.8. The molecule has 8 heteroatoms. The number of nitrogens with one attached hydrogen (secondary N) is 1. The number of hydrogen-bond acceptors (Lipinski definition) is 5. The van der Waals surface area contributed by atoms with Gasteiger partial charge in [-0.25, -0.2) is 9.78 Å². The van der Waals surface area contributed by atoms with E-state index in [1.807, 2.05) is 18.7 Å². The molecule has 2 aromatic rings. The number of rotatable bonds is 4. The van der Waals surface area contributed by atoms with Gasteiger partial charge >= 0.3 is 5.97 Å². The van der Waals surface area contributed by atoms with E-state index in [9.17, 15) is 14.4 Å². The van der Waals surface area contributed by atoms with Crippen LogP contribution in [0.3, 0.4) is 0 Å². The normalized spacial score (nSPS) is 14.6. The Kier molecular flexibility index (Phi) is 6.00. The number of amides is 2. The predicted octanol–water partition coefficient (Wildman–Crippen LogP) is 2.72. The number of carbonyl (C=O) groups is 3. The van der Waals surface area contributed by atoms with Gasteiger partial charge in [0.15, 0.2) is 0 Å². The summed E-state index contributed by atoms with van der Waals surface area (Å²) in [5, 5.41) is 2.81. The quantitative estimate of drug-likeness (QED) is 0.800. The number of benzene rings is 1. The first-order chi connectivity index (χ1) is 13.8. The smallest absolute Gasteiger partial charge is 0.337 e. The number of aryl methyl sites for hydroxylation is 1. The molecule has 0 unspecified atom stereocenters. The molecule has 2 heterocycles. The summed E-state index contributed by atoms with van der Waals surface area (Å²) in [4.78, 5) is 42.4. The van der Waals surface area contributed by atoms with Gasteiger partial charge in [0.05, 0.1) is 12.7 Å². The molecule has 0 bridgehead atoms. The summed E-state index contributed by atoms with van der Waals surface area (Å²) in [5.41, 5.74) is 2.02. The second-order valence-electron chi connectivity index (χ2n) is 7.23. The maximum atomic E-state index is 12.8. The highest BCUT2D eigenvalue weighted by Crippen LogP contribution is 2.27. The number of carbonyl (C=O) groups excluding carboxylic acids is 3. The van der Waals surface area contributed by atoms with Gasteiger partial charge in [0, 0.05) is 37.4 Å².